The van der Waals surface area contributed by atoms with Crippen LogP contribution in [0.2, 0.25) is 0 Å². The molecule has 1 spiro atoms. The highest BCUT2D eigenvalue weighted by atomic mass is 16.5. The summed E-state index contributed by atoms with van der Waals surface area (Å²) in [5.41, 5.74) is 0.364. The number of ether oxygens (including phenoxy) is 1. The van der Waals surface area contributed by atoms with E-state index in [2.05, 4.69) is 28.8 Å². The molecule has 5 heteroatoms. The van der Waals surface area contributed by atoms with Crippen LogP contribution in [-0.2, 0) is 9.53 Å². The number of piperidine rings is 1. The summed E-state index contributed by atoms with van der Waals surface area (Å²) in [7, 11) is 4.29. The molecule has 1 amide bonds. The lowest BCUT2D eigenvalue weighted by molar-refractivity contribution is -0.143. The van der Waals surface area contributed by atoms with Crippen molar-refractivity contribution in [1.29, 1.82) is 0 Å². The fourth-order valence-electron chi connectivity index (χ4n) is 4.35. The molecule has 0 aromatic heterocycles. The number of likely N-dealkylation sites (tertiary alicyclic amines) is 2. The SMILES string of the molecule is CN(C)CCN1CCCC12CCN(C(=O)C1CCCO1)CC2. The Morgan fingerprint density at radius 3 is 2.59 bits per heavy atom. The highest BCUT2D eigenvalue weighted by molar-refractivity contribution is 5.81. The average molecular weight is 309 g/mol. The summed E-state index contributed by atoms with van der Waals surface area (Å²) < 4.78 is 5.56. The second kappa shape index (κ2) is 6.85. The fourth-order valence-corrected chi connectivity index (χ4v) is 4.35. The van der Waals surface area contributed by atoms with Gasteiger partial charge < -0.3 is 14.5 Å². The van der Waals surface area contributed by atoms with Gasteiger partial charge in [-0.1, -0.05) is 0 Å². The van der Waals surface area contributed by atoms with Gasteiger partial charge >= 0.3 is 0 Å². The van der Waals surface area contributed by atoms with Crippen molar-refractivity contribution >= 4 is 5.91 Å². The van der Waals surface area contributed by atoms with Gasteiger partial charge in [0.15, 0.2) is 0 Å². The predicted octanol–water partition coefficient (Wildman–Crippen LogP) is 1.18. The Balaban J connectivity index is 1.54. The lowest BCUT2D eigenvalue weighted by Crippen LogP contribution is -2.55. The molecule has 0 saturated carbocycles. The number of hydrogen-bond acceptors (Lipinski definition) is 4. The number of likely N-dealkylation sites (N-methyl/N-ethyl adjacent to an activating group) is 1. The van der Waals surface area contributed by atoms with Crippen LogP contribution in [0.3, 0.4) is 0 Å². The summed E-state index contributed by atoms with van der Waals surface area (Å²) in [6, 6.07) is 0. The molecule has 0 radical (unpaired) electrons. The minimum atomic E-state index is -0.150. The summed E-state index contributed by atoms with van der Waals surface area (Å²) in [5, 5.41) is 0. The highest BCUT2D eigenvalue weighted by Crippen LogP contribution is 2.38. The van der Waals surface area contributed by atoms with E-state index in [1.807, 2.05) is 0 Å². The first-order chi connectivity index (χ1) is 10.6. The Bertz CT molecular complexity index is 385. The van der Waals surface area contributed by atoms with Crippen molar-refractivity contribution in [2.75, 3.05) is 53.4 Å². The monoisotopic (exact) mass is 309 g/mol. The van der Waals surface area contributed by atoms with Gasteiger partial charge in [0.25, 0.3) is 5.91 Å². The molecule has 1 unspecified atom stereocenters. The van der Waals surface area contributed by atoms with Gasteiger partial charge in [0.2, 0.25) is 0 Å². The van der Waals surface area contributed by atoms with Crippen LogP contribution in [-0.4, -0.2) is 85.7 Å². The lowest BCUT2D eigenvalue weighted by atomic mass is 9.84. The lowest BCUT2D eigenvalue weighted by Gasteiger charge is -2.45. The molecule has 0 aromatic rings. The molecule has 3 fully saturated rings. The van der Waals surface area contributed by atoms with E-state index in [0.29, 0.717) is 5.54 Å². The Labute approximate surface area is 134 Å². The first-order valence-electron chi connectivity index (χ1n) is 8.91. The van der Waals surface area contributed by atoms with Crippen LogP contribution in [0.4, 0.5) is 0 Å². The van der Waals surface area contributed by atoms with E-state index in [0.717, 1.165) is 58.5 Å². The number of carbonyl (C=O) groups excluding carboxylic acids is 1. The Morgan fingerprint density at radius 1 is 1.18 bits per heavy atom. The van der Waals surface area contributed by atoms with Crippen molar-refractivity contribution < 1.29 is 9.53 Å². The van der Waals surface area contributed by atoms with Crippen LogP contribution in [0.1, 0.15) is 38.5 Å². The molecular formula is C17H31N3O2. The normalized spacial score (nSPS) is 28.9. The second-order valence-electron chi connectivity index (χ2n) is 7.45. The minimum absolute atomic E-state index is 0.150. The van der Waals surface area contributed by atoms with E-state index in [-0.39, 0.29) is 12.0 Å². The molecule has 3 heterocycles. The average Bonchev–Trinajstić information content (AvgIpc) is 3.16. The summed E-state index contributed by atoms with van der Waals surface area (Å²) in [4.78, 5) is 19.5. The number of rotatable bonds is 4. The van der Waals surface area contributed by atoms with Gasteiger partial charge in [-0.15, -0.1) is 0 Å². The van der Waals surface area contributed by atoms with Crippen LogP contribution >= 0.6 is 0 Å². The van der Waals surface area contributed by atoms with Crippen molar-refractivity contribution in [3.8, 4) is 0 Å². The van der Waals surface area contributed by atoms with E-state index >= 15 is 0 Å². The van der Waals surface area contributed by atoms with Crippen molar-refractivity contribution in [3.63, 3.8) is 0 Å². The Kier molecular flexibility index (Phi) is 5.05. The van der Waals surface area contributed by atoms with Gasteiger partial charge in [0.1, 0.15) is 6.10 Å². The molecule has 1 atom stereocenters. The van der Waals surface area contributed by atoms with Gasteiger partial charge in [-0.2, -0.15) is 0 Å². The first-order valence-corrected chi connectivity index (χ1v) is 8.91. The van der Waals surface area contributed by atoms with E-state index in [4.69, 9.17) is 4.74 Å². The molecule has 0 aromatic carbocycles. The molecule has 3 aliphatic rings. The third-order valence-electron chi connectivity index (χ3n) is 5.77. The van der Waals surface area contributed by atoms with Gasteiger partial charge in [-0.05, 0) is 59.2 Å². The Morgan fingerprint density at radius 2 is 1.95 bits per heavy atom. The van der Waals surface area contributed by atoms with Gasteiger partial charge in [0.05, 0.1) is 0 Å². The van der Waals surface area contributed by atoms with Gasteiger partial charge in [-0.25, -0.2) is 0 Å². The summed E-state index contributed by atoms with van der Waals surface area (Å²) >= 11 is 0. The van der Waals surface area contributed by atoms with E-state index < -0.39 is 0 Å². The van der Waals surface area contributed by atoms with Crippen molar-refractivity contribution in [2.24, 2.45) is 0 Å². The molecule has 22 heavy (non-hydrogen) atoms. The smallest absolute Gasteiger partial charge is 0.251 e. The van der Waals surface area contributed by atoms with E-state index in [1.165, 1.54) is 19.4 Å². The minimum Gasteiger partial charge on any atom is -0.368 e. The van der Waals surface area contributed by atoms with Crippen LogP contribution < -0.4 is 0 Å². The maximum atomic E-state index is 12.5. The predicted molar refractivity (Wildman–Crippen MR) is 86.9 cm³/mol. The molecule has 3 aliphatic heterocycles. The molecule has 5 nitrogen and oxygen atoms in total. The van der Waals surface area contributed by atoms with Gasteiger partial charge in [-0.3, -0.25) is 9.69 Å². The standard InChI is InChI=1S/C17H31N3O2/c1-18(2)12-13-20-9-4-6-17(20)7-10-19(11-8-17)16(21)15-5-3-14-22-15/h15H,3-14H2,1-2H3. The zero-order valence-electron chi connectivity index (χ0n) is 14.2. The largest absolute Gasteiger partial charge is 0.368 e. The Hall–Kier alpha value is -0.650. The summed E-state index contributed by atoms with van der Waals surface area (Å²) in [6.07, 6.45) is 6.69. The third-order valence-corrected chi connectivity index (χ3v) is 5.77. The summed E-state index contributed by atoms with van der Waals surface area (Å²) in [6.45, 7) is 6.10. The zero-order valence-corrected chi connectivity index (χ0v) is 14.2. The summed E-state index contributed by atoms with van der Waals surface area (Å²) in [5.74, 6) is 0.241. The third kappa shape index (κ3) is 3.31. The molecule has 3 saturated heterocycles. The maximum Gasteiger partial charge on any atom is 0.251 e. The number of carbonyl (C=O) groups is 1. The van der Waals surface area contributed by atoms with Crippen molar-refractivity contribution in [2.45, 2.75) is 50.2 Å². The maximum absolute atomic E-state index is 12.5. The van der Waals surface area contributed by atoms with Crippen LogP contribution in [0.25, 0.3) is 0 Å². The molecule has 0 N–H and O–H groups in total. The van der Waals surface area contributed by atoms with Crippen LogP contribution in [0.15, 0.2) is 0 Å². The second-order valence-corrected chi connectivity index (χ2v) is 7.45. The number of amides is 1. The van der Waals surface area contributed by atoms with Crippen molar-refractivity contribution in [3.05, 3.63) is 0 Å². The topological polar surface area (TPSA) is 36.0 Å². The molecule has 0 aliphatic carbocycles. The number of hydrogen-bond donors (Lipinski definition) is 0. The zero-order chi connectivity index (χ0) is 15.6. The molecule has 0 bridgehead atoms. The molecule has 126 valence electrons. The first kappa shape index (κ1) is 16.2. The van der Waals surface area contributed by atoms with E-state index in [9.17, 15) is 4.79 Å². The van der Waals surface area contributed by atoms with Crippen LogP contribution in [0, 0.1) is 0 Å². The van der Waals surface area contributed by atoms with Gasteiger partial charge in [0, 0.05) is 38.3 Å². The van der Waals surface area contributed by atoms with E-state index in [1.54, 1.807) is 0 Å². The molecule has 3 rings (SSSR count). The fraction of sp³-hybridized carbons (Fsp3) is 0.941. The molecular weight excluding hydrogens is 278 g/mol. The number of nitrogens with zero attached hydrogens (tertiary/aromatic N) is 3. The van der Waals surface area contributed by atoms with Crippen LogP contribution in [0.5, 0.6) is 0 Å². The quantitative estimate of drug-likeness (QED) is 0.781. The highest BCUT2D eigenvalue weighted by Gasteiger charge is 2.44. The van der Waals surface area contributed by atoms with Crippen molar-refractivity contribution in [1.82, 2.24) is 14.7 Å².